The minimum atomic E-state index is -0.510. The Morgan fingerprint density at radius 2 is 1.89 bits per heavy atom. The Labute approximate surface area is 202 Å². The standard InChI is InChI=1S/C28H26N4O3/c1-15-11-21(17(3)30-24-8-6-5-7-20(24)28(29)34)27-22(12-15)25(33)16(2)26(35-27)18-9-10-23-19(13-18)14-32(4)31-23/h5-14,17,30H,1-4H3,(H2,29,34)/t17-/m1/s1. The van der Waals surface area contributed by atoms with Crippen LogP contribution >= 0.6 is 0 Å². The van der Waals surface area contributed by atoms with Crippen LogP contribution in [0.25, 0.3) is 33.2 Å². The molecule has 3 N–H and O–H groups in total. The quantitative estimate of drug-likeness (QED) is 0.369. The fourth-order valence-corrected chi connectivity index (χ4v) is 4.59. The summed E-state index contributed by atoms with van der Waals surface area (Å²) in [5, 5.41) is 9.30. The molecule has 0 aliphatic rings. The number of nitrogens with zero attached hydrogens (tertiary/aromatic N) is 2. The molecule has 0 saturated heterocycles. The number of hydrogen-bond donors (Lipinski definition) is 2. The number of fused-ring (bicyclic) bond motifs is 2. The maximum absolute atomic E-state index is 13.5. The van der Waals surface area contributed by atoms with Crippen LogP contribution in [0, 0.1) is 13.8 Å². The zero-order valence-corrected chi connectivity index (χ0v) is 20.0. The Balaban J connectivity index is 1.68. The lowest BCUT2D eigenvalue weighted by Gasteiger charge is -2.20. The van der Waals surface area contributed by atoms with E-state index in [0.717, 1.165) is 27.6 Å². The van der Waals surface area contributed by atoms with Crippen LogP contribution in [0.15, 0.2) is 70.0 Å². The lowest BCUT2D eigenvalue weighted by atomic mass is 9.98. The molecule has 0 aliphatic carbocycles. The monoisotopic (exact) mass is 466 g/mol. The van der Waals surface area contributed by atoms with Crippen molar-refractivity contribution in [1.82, 2.24) is 9.78 Å². The lowest BCUT2D eigenvalue weighted by molar-refractivity contribution is 0.100. The molecule has 3 aromatic carbocycles. The smallest absolute Gasteiger partial charge is 0.250 e. The van der Waals surface area contributed by atoms with E-state index in [9.17, 15) is 9.59 Å². The summed E-state index contributed by atoms with van der Waals surface area (Å²) in [6, 6.07) is 16.5. The van der Waals surface area contributed by atoms with Crippen LogP contribution in [0.3, 0.4) is 0 Å². The lowest BCUT2D eigenvalue weighted by Crippen LogP contribution is -2.16. The van der Waals surface area contributed by atoms with Crippen LogP contribution in [0.5, 0.6) is 0 Å². The molecule has 2 heterocycles. The molecule has 0 fully saturated rings. The number of para-hydroxylation sites is 1. The first-order valence-corrected chi connectivity index (χ1v) is 11.4. The van der Waals surface area contributed by atoms with Crippen molar-refractivity contribution < 1.29 is 9.21 Å². The first kappa shape index (κ1) is 22.4. The van der Waals surface area contributed by atoms with Crippen molar-refractivity contribution in [3.63, 3.8) is 0 Å². The van der Waals surface area contributed by atoms with Gasteiger partial charge in [0.05, 0.1) is 22.5 Å². The number of hydrogen-bond acceptors (Lipinski definition) is 5. The van der Waals surface area contributed by atoms with Crippen molar-refractivity contribution in [2.24, 2.45) is 12.8 Å². The average Bonchev–Trinajstić information content (AvgIpc) is 3.20. The highest BCUT2D eigenvalue weighted by Gasteiger charge is 2.20. The van der Waals surface area contributed by atoms with Gasteiger partial charge in [-0.2, -0.15) is 5.10 Å². The summed E-state index contributed by atoms with van der Waals surface area (Å²) in [7, 11) is 1.88. The van der Waals surface area contributed by atoms with Gasteiger partial charge in [0.1, 0.15) is 11.3 Å². The van der Waals surface area contributed by atoms with E-state index in [1.165, 1.54) is 0 Å². The number of nitrogens with one attached hydrogen (secondary N) is 1. The van der Waals surface area contributed by atoms with Crippen molar-refractivity contribution in [1.29, 1.82) is 0 Å². The summed E-state index contributed by atoms with van der Waals surface area (Å²) in [5.41, 5.74) is 11.0. The van der Waals surface area contributed by atoms with E-state index < -0.39 is 5.91 Å². The number of nitrogens with two attached hydrogens (primary N) is 1. The van der Waals surface area contributed by atoms with Crippen molar-refractivity contribution >= 4 is 33.5 Å². The maximum Gasteiger partial charge on any atom is 0.250 e. The SMILES string of the molecule is Cc1cc([C@@H](C)Nc2ccccc2C(N)=O)c2oc(-c3ccc4nn(C)cc4c3)c(C)c(=O)c2c1. The van der Waals surface area contributed by atoms with Gasteiger partial charge in [-0.1, -0.05) is 18.2 Å². The minimum absolute atomic E-state index is 0.0674. The van der Waals surface area contributed by atoms with Crippen molar-refractivity contribution in [2.45, 2.75) is 26.8 Å². The molecule has 2 aromatic heterocycles. The second-order valence-corrected chi connectivity index (χ2v) is 8.97. The van der Waals surface area contributed by atoms with E-state index in [1.807, 2.05) is 69.6 Å². The molecule has 1 amide bonds. The molecule has 0 radical (unpaired) electrons. The van der Waals surface area contributed by atoms with Crippen molar-refractivity contribution in [2.75, 3.05) is 5.32 Å². The normalized spacial score (nSPS) is 12.2. The molecule has 0 bridgehead atoms. The Morgan fingerprint density at radius 1 is 1.11 bits per heavy atom. The third-order valence-corrected chi connectivity index (χ3v) is 6.30. The number of amides is 1. The van der Waals surface area contributed by atoms with Crippen LogP contribution in [0.1, 0.15) is 40.0 Å². The summed E-state index contributed by atoms with van der Waals surface area (Å²) in [6.07, 6.45) is 1.93. The van der Waals surface area contributed by atoms with Crippen LogP contribution in [-0.2, 0) is 7.05 Å². The van der Waals surface area contributed by atoms with Crippen LogP contribution in [0.4, 0.5) is 5.69 Å². The van der Waals surface area contributed by atoms with Gasteiger partial charge in [0, 0.05) is 41.0 Å². The van der Waals surface area contributed by atoms with Gasteiger partial charge >= 0.3 is 0 Å². The number of rotatable bonds is 5. The molecule has 0 unspecified atom stereocenters. The third kappa shape index (κ3) is 3.95. The van der Waals surface area contributed by atoms with Gasteiger partial charge < -0.3 is 15.5 Å². The predicted octanol–water partition coefficient (Wildman–Crippen LogP) is 5.24. The number of carbonyl (C=O) groups is 1. The summed E-state index contributed by atoms with van der Waals surface area (Å²) >= 11 is 0. The number of benzene rings is 3. The molecular weight excluding hydrogens is 440 g/mol. The second kappa shape index (κ2) is 8.43. The molecule has 0 spiro atoms. The van der Waals surface area contributed by atoms with Gasteiger partial charge in [0.2, 0.25) is 0 Å². The van der Waals surface area contributed by atoms with E-state index >= 15 is 0 Å². The van der Waals surface area contributed by atoms with Gasteiger partial charge in [0.25, 0.3) is 5.91 Å². The van der Waals surface area contributed by atoms with Crippen LogP contribution in [0.2, 0.25) is 0 Å². The summed E-state index contributed by atoms with van der Waals surface area (Å²) in [5.74, 6) is 0.0210. The topological polar surface area (TPSA) is 103 Å². The number of anilines is 1. The molecular formula is C28H26N4O3. The number of primary amides is 1. The van der Waals surface area contributed by atoms with E-state index in [0.29, 0.717) is 33.5 Å². The maximum atomic E-state index is 13.5. The molecule has 7 heteroatoms. The number of aromatic nitrogens is 2. The molecule has 0 saturated carbocycles. The first-order chi connectivity index (χ1) is 16.7. The van der Waals surface area contributed by atoms with Crippen molar-refractivity contribution in [3.05, 3.63) is 93.3 Å². The third-order valence-electron chi connectivity index (χ3n) is 6.30. The molecule has 176 valence electrons. The molecule has 0 aliphatic heterocycles. The van der Waals surface area contributed by atoms with Crippen LogP contribution in [-0.4, -0.2) is 15.7 Å². The summed E-state index contributed by atoms with van der Waals surface area (Å²) in [6.45, 7) is 5.71. The zero-order valence-electron chi connectivity index (χ0n) is 20.0. The molecule has 5 rings (SSSR count). The highest BCUT2D eigenvalue weighted by molar-refractivity contribution is 5.98. The fourth-order valence-electron chi connectivity index (χ4n) is 4.59. The summed E-state index contributed by atoms with van der Waals surface area (Å²) in [4.78, 5) is 25.4. The second-order valence-electron chi connectivity index (χ2n) is 8.97. The largest absolute Gasteiger partial charge is 0.455 e. The Hall–Kier alpha value is -4.39. The van der Waals surface area contributed by atoms with Gasteiger partial charge in [-0.3, -0.25) is 14.3 Å². The minimum Gasteiger partial charge on any atom is -0.455 e. The molecule has 1 atom stereocenters. The van der Waals surface area contributed by atoms with Gasteiger partial charge in [-0.05, 0) is 62.7 Å². The summed E-state index contributed by atoms with van der Waals surface area (Å²) < 4.78 is 8.24. The van der Waals surface area contributed by atoms with Crippen LogP contribution < -0.4 is 16.5 Å². The van der Waals surface area contributed by atoms with Gasteiger partial charge in [0.15, 0.2) is 5.43 Å². The predicted molar refractivity (Wildman–Crippen MR) is 139 cm³/mol. The fraction of sp³-hybridized carbons (Fsp3) is 0.179. The molecule has 7 nitrogen and oxygen atoms in total. The van der Waals surface area contributed by atoms with Gasteiger partial charge in [-0.15, -0.1) is 0 Å². The molecule has 5 aromatic rings. The van der Waals surface area contributed by atoms with E-state index in [-0.39, 0.29) is 11.5 Å². The molecule has 35 heavy (non-hydrogen) atoms. The number of aryl methyl sites for hydroxylation is 2. The Kier molecular flexibility index (Phi) is 5.40. The highest BCUT2D eigenvalue weighted by atomic mass is 16.3. The van der Waals surface area contributed by atoms with Gasteiger partial charge in [-0.25, -0.2) is 0 Å². The van der Waals surface area contributed by atoms with Crippen molar-refractivity contribution in [3.8, 4) is 11.3 Å². The Morgan fingerprint density at radius 3 is 2.66 bits per heavy atom. The first-order valence-electron chi connectivity index (χ1n) is 11.4. The van der Waals surface area contributed by atoms with E-state index in [4.69, 9.17) is 10.2 Å². The van der Waals surface area contributed by atoms with E-state index in [1.54, 1.807) is 23.7 Å². The highest BCUT2D eigenvalue weighted by Crippen LogP contribution is 2.33. The zero-order chi connectivity index (χ0) is 24.9. The average molecular weight is 467 g/mol. The Bertz CT molecular complexity index is 1680. The number of carbonyl (C=O) groups excluding carboxylic acids is 1. The van der Waals surface area contributed by atoms with E-state index in [2.05, 4.69) is 10.4 Å².